The van der Waals surface area contributed by atoms with Crippen LogP contribution in [0.5, 0.6) is 0 Å². The molecule has 4 heteroatoms. The molecule has 0 saturated carbocycles. The molecule has 0 radical (unpaired) electrons. The number of nitrogens with one attached hydrogen (secondary N) is 1. The van der Waals surface area contributed by atoms with E-state index in [2.05, 4.69) is 23.7 Å². The third kappa shape index (κ3) is 3.87. The van der Waals surface area contributed by atoms with Gasteiger partial charge in [0, 0.05) is 17.4 Å². The summed E-state index contributed by atoms with van der Waals surface area (Å²) >= 11 is 1.91. The Balaban J connectivity index is 2.26. The highest BCUT2D eigenvalue weighted by atomic mass is 32.2. The van der Waals surface area contributed by atoms with Crippen LogP contribution in [0.3, 0.4) is 0 Å². The number of rotatable bonds is 6. The first-order chi connectivity index (χ1) is 7.15. The molecule has 1 N–H and O–H groups in total. The molecular weight excluding hydrogens is 208 g/mol. The second-order valence-corrected chi connectivity index (χ2v) is 5.09. The maximum Gasteiger partial charge on any atom is 0.138 e. The molecule has 1 atom stereocenters. The highest BCUT2D eigenvalue weighted by Gasteiger charge is 2.07. The van der Waals surface area contributed by atoms with Gasteiger partial charge in [0.1, 0.15) is 5.76 Å². The normalized spacial score (nSPS) is 13.1. The van der Waals surface area contributed by atoms with Crippen LogP contribution in [-0.2, 0) is 6.54 Å². The van der Waals surface area contributed by atoms with Crippen molar-refractivity contribution in [2.75, 3.05) is 12.8 Å². The average Bonchev–Trinajstić information content (AvgIpc) is 2.54. The molecule has 0 aliphatic carbocycles. The Morgan fingerprint density at radius 2 is 2.20 bits per heavy atom. The Bertz CT molecular complexity index is 279. The van der Waals surface area contributed by atoms with E-state index in [1.54, 1.807) is 0 Å². The third-order valence-electron chi connectivity index (χ3n) is 2.61. The molecule has 15 heavy (non-hydrogen) atoms. The van der Waals surface area contributed by atoms with Gasteiger partial charge in [0.2, 0.25) is 0 Å². The second kappa shape index (κ2) is 6.18. The summed E-state index contributed by atoms with van der Waals surface area (Å²) in [5, 5.41) is 8.07. The predicted octanol–water partition coefficient (Wildman–Crippen LogP) is 2.52. The molecule has 0 aliphatic rings. The van der Waals surface area contributed by atoms with Crippen molar-refractivity contribution in [2.45, 2.75) is 39.0 Å². The highest BCUT2D eigenvalue weighted by Crippen LogP contribution is 2.12. The number of hydrogen-bond acceptors (Lipinski definition) is 4. The van der Waals surface area contributed by atoms with E-state index in [9.17, 15) is 0 Å². The fraction of sp³-hybridized carbons (Fsp3) is 0.727. The van der Waals surface area contributed by atoms with Crippen LogP contribution in [0.15, 0.2) is 4.52 Å². The largest absolute Gasteiger partial charge is 0.361 e. The van der Waals surface area contributed by atoms with E-state index >= 15 is 0 Å². The van der Waals surface area contributed by atoms with E-state index < -0.39 is 0 Å². The molecular formula is C11H20N2OS. The third-order valence-corrected chi connectivity index (χ3v) is 3.65. The quantitative estimate of drug-likeness (QED) is 0.759. The van der Waals surface area contributed by atoms with Gasteiger partial charge in [0.15, 0.2) is 0 Å². The minimum Gasteiger partial charge on any atom is -0.361 e. The predicted molar refractivity (Wildman–Crippen MR) is 65.3 cm³/mol. The summed E-state index contributed by atoms with van der Waals surface area (Å²) in [7, 11) is 0. The second-order valence-electron chi connectivity index (χ2n) is 3.81. The molecule has 1 rings (SSSR count). The fourth-order valence-corrected chi connectivity index (χ4v) is 1.74. The van der Waals surface area contributed by atoms with Gasteiger partial charge in [-0.25, -0.2) is 0 Å². The first-order valence-electron chi connectivity index (χ1n) is 5.30. The summed E-state index contributed by atoms with van der Waals surface area (Å²) < 4.78 is 5.10. The summed E-state index contributed by atoms with van der Waals surface area (Å²) in [6, 6.07) is 0. The van der Waals surface area contributed by atoms with Gasteiger partial charge >= 0.3 is 0 Å². The van der Waals surface area contributed by atoms with Crippen LogP contribution in [0.25, 0.3) is 0 Å². The van der Waals surface area contributed by atoms with Crippen molar-refractivity contribution in [1.29, 1.82) is 0 Å². The smallest absolute Gasteiger partial charge is 0.138 e. The topological polar surface area (TPSA) is 38.1 Å². The lowest BCUT2D eigenvalue weighted by atomic mass is 10.2. The lowest BCUT2D eigenvalue weighted by Gasteiger charge is -2.08. The van der Waals surface area contributed by atoms with Gasteiger partial charge < -0.3 is 9.84 Å². The molecule has 0 saturated heterocycles. The van der Waals surface area contributed by atoms with Gasteiger partial charge in [-0.15, -0.1) is 0 Å². The van der Waals surface area contributed by atoms with E-state index in [-0.39, 0.29) is 0 Å². The molecule has 0 amide bonds. The van der Waals surface area contributed by atoms with Gasteiger partial charge in [-0.3, -0.25) is 0 Å². The zero-order chi connectivity index (χ0) is 11.3. The number of aromatic nitrogens is 1. The van der Waals surface area contributed by atoms with Gasteiger partial charge in [0.25, 0.3) is 0 Å². The van der Waals surface area contributed by atoms with Crippen molar-refractivity contribution in [3.8, 4) is 0 Å². The Hall–Kier alpha value is -0.480. The van der Waals surface area contributed by atoms with Gasteiger partial charge in [-0.1, -0.05) is 12.1 Å². The van der Waals surface area contributed by atoms with Crippen LogP contribution in [0.4, 0.5) is 0 Å². The number of aryl methyl sites for hydroxylation is 2. The van der Waals surface area contributed by atoms with Crippen LogP contribution in [0.1, 0.15) is 30.4 Å². The molecule has 0 fully saturated rings. The molecule has 0 aromatic carbocycles. The van der Waals surface area contributed by atoms with Crippen molar-refractivity contribution in [2.24, 2.45) is 0 Å². The van der Waals surface area contributed by atoms with Gasteiger partial charge in [-0.2, -0.15) is 11.8 Å². The van der Waals surface area contributed by atoms with E-state index in [0.29, 0.717) is 0 Å². The zero-order valence-electron chi connectivity index (χ0n) is 9.96. The first kappa shape index (κ1) is 12.6. The van der Waals surface area contributed by atoms with Crippen molar-refractivity contribution in [1.82, 2.24) is 10.5 Å². The zero-order valence-corrected chi connectivity index (χ0v) is 10.8. The molecule has 1 unspecified atom stereocenters. The monoisotopic (exact) mass is 228 g/mol. The molecule has 86 valence electrons. The van der Waals surface area contributed by atoms with Crippen LogP contribution >= 0.6 is 11.8 Å². The van der Waals surface area contributed by atoms with E-state index in [0.717, 1.165) is 29.8 Å². The number of hydrogen-bond donors (Lipinski definition) is 1. The van der Waals surface area contributed by atoms with Crippen molar-refractivity contribution in [3.63, 3.8) is 0 Å². The van der Waals surface area contributed by atoms with E-state index in [4.69, 9.17) is 4.52 Å². The van der Waals surface area contributed by atoms with Crippen molar-refractivity contribution >= 4 is 11.8 Å². The lowest BCUT2D eigenvalue weighted by molar-refractivity contribution is 0.392. The number of thioether (sulfide) groups is 1. The van der Waals surface area contributed by atoms with Crippen LogP contribution in [0, 0.1) is 13.8 Å². The minimum atomic E-state index is 0.724. The fourth-order valence-electron chi connectivity index (χ4n) is 1.39. The summed E-state index contributed by atoms with van der Waals surface area (Å²) in [4.78, 5) is 0. The summed E-state index contributed by atoms with van der Waals surface area (Å²) in [5.74, 6) is 0.929. The molecule has 1 heterocycles. The molecule has 1 aromatic heterocycles. The molecule has 0 aliphatic heterocycles. The maximum absolute atomic E-state index is 5.10. The summed E-state index contributed by atoms with van der Waals surface area (Å²) in [5.41, 5.74) is 2.20. The maximum atomic E-state index is 5.10. The van der Waals surface area contributed by atoms with E-state index in [1.165, 1.54) is 12.0 Å². The highest BCUT2D eigenvalue weighted by molar-refractivity contribution is 7.99. The Morgan fingerprint density at radius 3 is 2.73 bits per heavy atom. The Labute approximate surface area is 96.0 Å². The first-order valence-corrected chi connectivity index (χ1v) is 6.59. The van der Waals surface area contributed by atoms with Crippen molar-refractivity contribution in [3.05, 3.63) is 17.0 Å². The van der Waals surface area contributed by atoms with Crippen LogP contribution in [-0.4, -0.2) is 23.2 Å². The van der Waals surface area contributed by atoms with E-state index in [1.807, 2.05) is 25.6 Å². The minimum absolute atomic E-state index is 0.724. The molecule has 0 bridgehead atoms. The average molecular weight is 228 g/mol. The molecule has 3 nitrogen and oxygen atoms in total. The standard InChI is InChI=1S/C11H20N2OS/c1-8(15-4)5-6-12-7-11-9(2)13-14-10(11)3/h8,12H,5-7H2,1-4H3. The Morgan fingerprint density at radius 1 is 1.47 bits per heavy atom. The van der Waals surface area contributed by atoms with Gasteiger partial charge in [-0.05, 0) is 33.1 Å². The van der Waals surface area contributed by atoms with Gasteiger partial charge in [0.05, 0.1) is 5.69 Å². The van der Waals surface area contributed by atoms with Crippen LogP contribution < -0.4 is 5.32 Å². The Kier molecular flexibility index (Phi) is 5.19. The van der Waals surface area contributed by atoms with Crippen molar-refractivity contribution < 1.29 is 4.52 Å². The van der Waals surface area contributed by atoms with Crippen LogP contribution in [0.2, 0.25) is 0 Å². The lowest BCUT2D eigenvalue weighted by Crippen LogP contribution is -2.18. The summed E-state index contributed by atoms with van der Waals surface area (Å²) in [6.07, 6.45) is 3.35. The molecule has 1 aromatic rings. The number of nitrogens with zero attached hydrogens (tertiary/aromatic N) is 1. The molecule has 0 spiro atoms. The summed E-state index contributed by atoms with van der Waals surface area (Å²) in [6.45, 7) is 8.11. The SMILES string of the molecule is CSC(C)CCNCc1c(C)noc1C.